The van der Waals surface area contributed by atoms with E-state index < -0.39 is 50.2 Å². The predicted octanol–water partition coefficient (Wildman–Crippen LogP) is -2.91. The van der Waals surface area contributed by atoms with Crippen molar-refractivity contribution >= 4 is 13.6 Å². The second-order valence-electron chi connectivity index (χ2n) is 4.87. The van der Waals surface area contributed by atoms with E-state index in [1.54, 1.807) is 0 Å². The van der Waals surface area contributed by atoms with Crippen LogP contribution in [0.5, 0.6) is 0 Å². The largest absolute Gasteiger partial charge is 0.469 e. The first-order valence-corrected chi connectivity index (χ1v) is 7.88. The Hall–Kier alpha value is -1.53. The van der Waals surface area contributed by atoms with Gasteiger partial charge in [0.15, 0.2) is 5.72 Å². The second kappa shape index (κ2) is 6.17. The number of anilines is 1. The average Bonchev–Trinajstić information content (AvgIpc) is 2.71. The third-order valence-electron chi connectivity index (χ3n) is 3.33. The number of aromatic amines is 1. The van der Waals surface area contributed by atoms with Gasteiger partial charge in [-0.15, -0.1) is 0 Å². The highest BCUT2D eigenvalue weighted by molar-refractivity contribution is 7.46. The molecule has 0 aromatic carbocycles. The molecule has 1 aliphatic heterocycles. The van der Waals surface area contributed by atoms with Gasteiger partial charge in [0, 0.05) is 13.1 Å². The minimum atomic E-state index is -4.79. The maximum absolute atomic E-state index is 12.0. The normalized spacial score (nSPS) is 28.0. The Balaban J connectivity index is 2.35. The van der Waals surface area contributed by atoms with Gasteiger partial charge in [-0.05, 0) is 0 Å². The minimum absolute atomic E-state index is 0.0829. The zero-order chi connectivity index (χ0) is 17.4. The number of H-pyrrole nitrogens is 1. The summed E-state index contributed by atoms with van der Waals surface area (Å²) in [4.78, 5) is 42.5. The highest BCUT2D eigenvalue weighted by Crippen LogP contribution is 2.38. The number of hydrogen-bond acceptors (Lipinski definition) is 8. The Morgan fingerprint density at radius 1 is 1.57 bits per heavy atom. The van der Waals surface area contributed by atoms with E-state index in [-0.39, 0.29) is 5.82 Å². The van der Waals surface area contributed by atoms with Crippen molar-refractivity contribution < 1.29 is 33.8 Å². The van der Waals surface area contributed by atoms with Crippen molar-refractivity contribution in [2.24, 2.45) is 0 Å². The van der Waals surface area contributed by atoms with Crippen molar-refractivity contribution in [3.63, 3.8) is 0 Å². The molecular weight excluding hydrogens is 337 g/mol. The summed E-state index contributed by atoms with van der Waals surface area (Å²) in [5.41, 5.74) is -3.97. The van der Waals surface area contributed by atoms with Gasteiger partial charge in [-0.25, -0.2) is 13.9 Å². The average molecular weight is 353 g/mol. The molecule has 2 heterocycles. The summed E-state index contributed by atoms with van der Waals surface area (Å²) < 4.78 is 20.7. The summed E-state index contributed by atoms with van der Waals surface area (Å²) >= 11 is 0. The number of phosphoric ester groups is 1. The van der Waals surface area contributed by atoms with Crippen LogP contribution in [-0.2, 0) is 19.6 Å². The number of aliphatic hydroxyl groups is 2. The standard InChI is InChI=1S/C10H16N3O9P/c1-11-6-2-7(14)12-9(16)13(6)10(17)4-21-5(8(10)15)3-22-23(18,19)20/h2,5,8,11,15,17H,3-4H2,1H3,(H,12,14,16)(H2,18,19,20)/t5-,8?,10?/m1/s1. The summed E-state index contributed by atoms with van der Waals surface area (Å²) in [5.74, 6) is -0.0829. The summed E-state index contributed by atoms with van der Waals surface area (Å²) in [5, 5.41) is 23.3. The zero-order valence-electron chi connectivity index (χ0n) is 11.9. The molecule has 0 bridgehead atoms. The van der Waals surface area contributed by atoms with E-state index in [4.69, 9.17) is 14.5 Å². The van der Waals surface area contributed by atoms with Gasteiger partial charge < -0.3 is 30.1 Å². The molecule has 0 radical (unpaired) electrons. The summed E-state index contributed by atoms with van der Waals surface area (Å²) in [7, 11) is -3.40. The van der Waals surface area contributed by atoms with Gasteiger partial charge in [-0.2, -0.15) is 0 Å². The predicted molar refractivity (Wildman–Crippen MR) is 74.8 cm³/mol. The van der Waals surface area contributed by atoms with Crippen molar-refractivity contribution in [2.75, 3.05) is 25.6 Å². The molecule has 1 saturated heterocycles. The van der Waals surface area contributed by atoms with Gasteiger partial charge in [-0.3, -0.25) is 14.3 Å². The van der Waals surface area contributed by atoms with Crippen LogP contribution in [0.1, 0.15) is 0 Å². The number of nitrogens with zero attached hydrogens (tertiary/aromatic N) is 1. The molecular formula is C10H16N3O9P. The molecule has 2 unspecified atom stereocenters. The fraction of sp³-hybridized carbons (Fsp3) is 0.600. The number of ether oxygens (including phenoxy) is 1. The van der Waals surface area contributed by atoms with Crippen molar-refractivity contribution in [3.05, 3.63) is 26.9 Å². The molecule has 130 valence electrons. The van der Waals surface area contributed by atoms with E-state index in [2.05, 4.69) is 9.84 Å². The monoisotopic (exact) mass is 353 g/mol. The van der Waals surface area contributed by atoms with Crippen molar-refractivity contribution in [1.82, 2.24) is 9.55 Å². The maximum atomic E-state index is 12.0. The summed E-state index contributed by atoms with van der Waals surface area (Å²) in [6.45, 7) is -1.27. The van der Waals surface area contributed by atoms with Crippen LogP contribution in [0.2, 0.25) is 0 Å². The molecule has 1 fully saturated rings. The topological polar surface area (TPSA) is 183 Å². The van der Waals surface area contributed by atoms with Crippen LogP contribution in [0, 0.1) is 0 Å². The van der Waals surface area contributed by atoms with Crippen molar-refractivity contribution in [2.45, 2.75) is 17.9 Å². The highest BCUT2D eigenvalue weighted by Gasteiger charge is 2.51. The highest BCUT2D eigenvalue weighted by atomic mass is 31.2. The molecule has 12 nitrogen and oxygen atoms in total. The van der Waals surface area contributed by atoms with Crippen LogP contribution in [0.15, 0.2) is 15.7 Å². The Morgan fingerprint density at radius 3 is 2.78 bits per heavy atom. The fourth-order valence-electron chi connectivity index (χ4n) is 2.27. The number of aromatic nitrogens is 2. The van der Waals surface area contributed by atoms with Crippen molar-refractivity contribution in [3.8, 4) is 0 Å². The molecule has 1 aromatic rings. The lowest BCUT2D eigenvalue weighted by Gasteiger charge is -2.30. The third kappa shape index (κ3) is 3.53. The van der Waals surface area contributed by atoms with Crippen LogP contribution < -0.4 is 16.6 Å². The number of aliphatic hydroxyl groups excluding tert-OH is 1. The van der Waals surface area contributed by atoms with E-state index in [0.29, 0.717) is 4.57 Å². The first-order chi connectivity index (χ1) is 10.6. The molecule has 6 N–H and O–H groups in total. The van der Waals surface area contributed by atoms with E-state index >= 15 is 0 Å². The molecule has 0 amide bonds. The molecule has 3 atom stereocenters. The van der Waals surface area contributed by atoms with Crippen molar-refractivity contribution in [1.29, 1.82) is 0 Å². The van der Waals surface area contributed by atoms with Gasteiger partial charge in [0.05, 0.1) is 13.2 Å². The summed E-state index contributed by atoms with van der Waals surface area (Å²) in [6.07, 6.45) is -3.04. The molecule has 0 aliphatic carbocycles. The lowest BCUT2D eigenvalue weighted by molar-refractivity contribution is -0.113. The van der Waals surface area contributed by atoms with Gasteiger partial charge in [0.2, 0.25) is 0 Å². The molecule has 1 aromatic heterocycles. The molecule has 0 spiro atoms. The van der Waals surface area contributed by atoms with Crippen LogP contribution in [0.3, 0.4) is 0 Å². The number of hydrogen-bond donors (Lipinski definition) is 6. The third-order valence-corrected chi connectivity index (χ3v) is 3.81. The first-order valence-electron chi connectivity index (χ1n) is 6.35. The Kier molecular flexibility index (Phi) is 4.78. The van der Waals surface area contributed by atoms with Gasteiger partial charge in [-0.1, -0.05) is 0 Å². The first kappa shape index (κ1) is 17.8. The summed E-state index contributed by atoms with van der Waals surface area (Å²) in [6, 6.07) is 0.992. The van der Waals surface area contributed by atoms with E-state index in [1.165, 1.54) is 7.05 Å². The lowest BCUT2D eigenvalue weighted by Crippen LogP contribution is -2.53. The number of phosphoric acid groups is 1. The van der Waals surface area contributed by atoms with Gasteiger partial charge >= 0.3 is 13.5 Å². The fourth-order valence-corrected chi connectivity index (χ4v) is 2.62. The molecule has 23 heavy (non-hydrogen) atoms. The van der Waals surface area contributed by atoms with E-state index in [1.807, 2.05) is 4.98 Å². The lowest BCUT2D eigenvalue weighted by atomic mass is 10.1. The number of nitrogens with one attached hydrogen (secondary N) is 2. The van der Waals surface area contributed by atoms with E-state index in [9.17, 15) is 24.4 Å². The Bertz CT molecular complexity index is 740. The quantitative estimate of drug-likeness (QED) is 0.300. The molecule has 2 rings (SSSR count). The van der Waals surface area contributed by atoms with Gasteiger partial charge in [0.1, 0.15) is 18.0 Å². The molecule has 1 aliphatic rings. The van der Waals surface area contributed by atoms with Crippen LogP contribution >= 0.6 is 7.82 Å². The number of rotatable bonds is 5. The van der Waals surface area contributed by atoms with Crippen LogP contribution in [0.25, 0.3) is 0 Å². The second-order valence-corrected chi connectivity index (χ2v) is 6.11. The SMILES string of the molecule is CNc1cc(=O)[nH]c(=O)n1C1(O)CO[C@H](COP(=O)(O)O)C1O. The van der Waals surface area contributed by atoms with Gasteiger partial charge in [0.25, 0.3) is 5.56 Å². The van der Waals surface area contributed by atoms with Crippen LogP contribution in [0.4, 0.5) is 5.82 Å². The zero-order valence-corrected chi connectivity index (χ0v) is 12.8. The smallest absolute Gasteiger partial charge is 0.385 e. The Labute approximate surface area is 128 Å². The maximum Gasteiger partial charge on any atom is 0.469 e. The van der Waals surface area contributed by atoms with Crippen LogP contribution in [-0.4, -0.2) is 62.0 Å². The minimum Gasteiger partial charge on any atom is -0.385 e. The Morgan fingerprint density at radius 2 is 2.22 bits per heavy atom. The molecule has 0 saturated carbocycles. The van der Waals surface area contributed by atoms with E-state index in [0.717, 1.165) is 6.07 Å². The molecule has 13 heteroatoms.